The maximum absolute atomic E-state index is 13.0. The van der Waals surface area contributed by atoms with E-state index >= 15 is 0 Å². The molecule has 2 rings (SSSR count). The number of nitrogens with one attached hydrogen (secondary N) is 1. The number of hydrogen-bond donors (Lipinski definition) is 1. The maximum atomic E-state index is 13.0. The number of hydrogen-bond acceptors (Lipinski definition) is 4. The van der Waals surface area contributed by atoms with Crippen LogP contribution in [0.3, 0.4) is 0 Å². The molecule has 0 spiro atoms. The highest BCUT2D eigenvalue weighted by molar-refractivity contribution is 7.92. The average molecular weight is 379 g/mol. The summed E-state index contributed by atoms with van der Waals surface area (Å²) < 4.78 is 43.4. The fraction of sp³-hybridized carbons (Fsp3) is 0.316. The van der Waals surface area contributed by atoms with Gasteiger partial charge in [-0.3, -0.25) is 4.79 Å². The van der Waals surface area contributed by atoms with E-state index < -0.39 is 26.8 Å². The van der Waals surface area contributed by atoms with E-state index in [9.17, 15) is 17.6 Å². The van der Waals surface area contributed by atoms with Gasteiger partial charge in [-0.2, -0.15) is 0 Å². The SMILES string of the molecule is CCOCc1ccccc1CNC(=O)C(C)S(=O)(=O)c1ccc(F)cc1. The third-order valence-electron chi connectivity index (χ3n) is 4.01. The minimum Gasteiger partial charge on any atom is -0.377 e. The number of carbonyl (C=O) groups excluding carboxylic acids is 1. The van der Waals surface area contributed by atoms with E-state index in [0.717, 1.165) is 35.4 Å². The topological polar surface area (TPSA) is 72.5 Å². The van der Waals surface area contributed by atoms with Crippen LogP contribution in [0.15, 0.2) is 53.4 Å². The maximum Gasteiger partial charge on any atom is 0.238 e. The number of amides is 1. The largest absolute Gasteiger partial charge is 0.377 e. The van der Waals surface area contributed by atoms with Crippen molar-refractivity contribution in [3.63, 3.8) is 0 Å². The number of halogens is 1. The molecule has 0 fully saturated rings. The van der Waals surface area contributed by atoms with Crippen molar-refractivity contribution in [1.29, 1.82) is 0 Å². The number of rotatable bonds is 8. The Morgan fingerprint density at radius 1 is 1.12 bits per heavy atom. The van der Waals surface area contributed by atoms with E-state index in [2.05, 4.69) is 5.32 Å². The Morgan fingerprint density at radius 3 is 2.35 bits per heavy atom. The summed E-state index contributed by atoms with van der Waals surface area (Å²) >= 11 is 0. The van der Waals surface area contributed by atoms with Gasteiger partial charge in [0.2, 0.25) is 5.91 Å². The van der Waals surface area contributed by atoms with Gasteiger partial charge in [0.15, 0.2) is 9.84 Å². The molecule has 0 saturated heterocycles. The first-order chi connectivity index (χ1) is 12.4. The molecule has 0 saturated carbocycles. The summed E-state index contributed by atoms with van der Waals surface area (Å²) in [5.74, 6) is -1.15. The van der Waals surface area contributed by atoms with Crippen LogP contribution in [0.1, 0.15) is 25.0 Å². The number of carbonyl (C=O) groups is 1. The summed E-state index contributed by atoms with van der Waals surface area (Å²) in [6.45, 7) is 4.41. The lowest BCUT2D eigenvalue weighted by Gasteiger charge is -2.15. The van der Waals surface area contributed by atoms with Crippen LogP contribution in [0, 0.1) is 5.82 Å². The van der Waals surface area contributed by atoms with Gasteiger partial charge >= 0.3 is 0 Å². The van der Waals surface area contributed by atoms with Gasteiger partial charge in [0.05, 0.1) is 11.5 Å². The Labute approximate surface area is 153 Å². The first-order valence-electron chi connectivity index (χ1n) is 8.28. The van der Waals surface area contributed by atoms with Crippen molar-refractivity contribution in [1.82, 2.24) is 5.32 Å². The first kappa shape index (κ1) is 20.1. The summed E-state index contributed by atoms with van der Waals surface area (Å²) in [5.41, 5.74) is 1.80. The standard InChI is InChI=1S/C19H22FNO4S/c1-3-25-13-16-7-5-4-6-15(16)12-21-19(22)14(2)26(23,24)18-10-8-17(20)9-11-18/h4-11,14H,3,12-13H2,1-2H3,(H,21,22). The van der Waals surface area contributed by atoms with Crippen molar-refractivity contribution in [3.05, 3.63) is 65.5 Å². The molecule has 7 heteroatoms. The summed E-state index contributed by atoms with van der Waals surface area (Å²) in [6.07, 6.45) is 0. The van der Waals surface area contributed by atoms with Gasteiger partial charge in [-0.05, 0) is 49.2 Å². The average Bonchev–Trinajstić information content (AvgIpc) is 2.64. The van der Waals surface area contributed by atoms with Crippen LogP contribution in [-0.4, -0.2) is 26.2 Å². The molecular weight excluding hydrogens is 357 g/mol. The van der Waals surface area contributed by atoms with Crippen LogP contribution in [-0.2, 0) is 32.5 Å². The van der Waals surface area contributed by atoms with E-state index in [4.69, 9.17) is 4.74 Å². The Hall–Kier alpha value is -2.25. The predicted octanol–water partition coefficient (Wildman–Crippen LogP) is 2.84. The van der Waals surface area contributed by atoms with Crippen molar-refractivity contribution in [2.24, 2.45) is 0 Å². The van der Waals surface area contributed by atoms with Crippen molar-refractivity contribution < 1.29 is 22.3 Å². The molecule has 0 radical (unpaired) electrons. The Kier molecular flexibility index (Phi) is 6.88. The minimum atomic E-state index is -3.89. The van der Waals surface area contributed by atoms with E-state index in [1.54, 1.807) is 0 Å². The summed E-state index contributed by atoms with van der Waals surface area (Å²) in [5, 5.41) is 1.37. The highest BCUT2D eigenvalue weighted by Gasteiger charge is 2.29. The molecule has 0 aliphatic carbocycles. The van der Waals surface area contributed by atoms with Gasteiger partial charge in [-0.25, -0.2) is 12.8 Å². The summed E-state index contributed by atoms with van der Waals surface area (Å²) in [4.78, 5) is 12.2. The molecule has 0 bridgehead atoms. The van der Waals surface area contributed by atoms with Crippen molar-refractivity contribution in [2.75, 3.05) is 6.61 Å². The van der Waals surface area contributed by atoms with Gasteiger partial charge in [0.25, 0.3) is 0 Å². The summed E-state index contributed by atoms with van der Waals surface area (Å²) in [7, 11) is -3.89. The Morgan fingerprint density at radius 2 is 1.73 bits per heavy atom. The van der Waals surface area contributed by atoms with Crippen LogP contribution in [0.25, 0.3) is 0 Å². The number of benzene rings is 2. The monoisotopic (exact) mass is 379 g/mol. The van der Waals surface area contributed by atoms with E-state index in [1.807, 2.05) is 31.2 Å². The molecule has 0 aromatic heterocycles. The molecule has 0 aliphatic heterocycles. The zero-order valence-electron chi connectivity index (χ0n) is 14.7. The normalized spacial score (nSPS) is 12.6. The lowest BCUT2D eigenvalue weighted by Crippen LogP contribution is -2.37. The second-order valence-electron chi connectivity index (χ2n) is 5.76. The fourth-order valence-electron chi connectivity index (χ4n) is 2.38. The van der Waals surface area contributed by atoms with Gasteiger partial charge < -0.3 is 10.1 Å². The van der Waals surface area contributed by atoms with Gasteiger partial charge in [-0.15, -0.1) is 0 Å². The molecule has 2 aromatic rings. The van der Waals surface area contributed by atoms with Crippen LogP contribution in [0.2, 0.25) is 0 Å². The van der Waals surface area contributed by atoms with Crippen LogP contribution in [0.4, 0.5) is 4.39 Å². The van der Waals surface area contributed by atoms with E-state index in [-0.39, 0.29) is 11.4 Å². The highest BCUT2D eigenvalue weighted by atomic mass is 32.2. The quantitative estimate of drug-likeness (QED) is 0.716. The molecular formula is C19H22FNO4S. The van der Waals surface area contributed by atoms with Gasteiger partial charge in [0.1, 0.15) is 11.1 Å². The molecule has 2 aromatic carbocycles. The van der Waals surface area contributed by atoms with E-state index in [0.29, 0.717) is 13.2 Å². The predicted molar refractivity (Wildman–Crippen MR) is 96.7 cm³/mol. The Balaban J connectivity index is 2.07. The second-order valence-corrected chi connectivity index (χ2v) is 8.03. The minimum absolute atomic E-state index is 0.0849. The molecule has 140 valence electrons. The van der Waals surface area contributed by atoms with Crippen LogP contribution < -0.4 is 5.32 Å². The highest BCUT2D eigenvalue weighted by Crippen LogP contribution is 2.17. The third kappa shape index (κ3) is 4.89. The van der Waals surface area contributed by atoms with Crippen LogP contribution in [0.5, 0.6) is 0 Å². The van der Waals surface area contributed by atoms with Crippen LogP contribution >= 0.6 is 0 Å². The van der Waals surface area contributed by atoms with Gasteiger partial charge in [0, 0.05) is 13.2 Å². The van der Waals surface area contributed by atoms with E-state index in [1.165, 1.54) is 6.92 Å². The molecule has 1 N–H and O–H groups in total. The third-order valence-corrected chi connectivity index (χ3v) is 6.08. The molecule has 0 heterocycles. The lowest BCUT2D eigenvalue weighted by molar-refractivity contribution is -0.120. The van der Waals surface area contributed by atoms with Crippen molar-refractivity contribution in [3.8, 4) is 0 Å². The smallest absolute Gasteiger partial charge is 0.238 e. The fourth-order valence-corrected chi connectivity index (χ4v) is 3.67. The zero-order valence-corrected chi connectivity index (χ0v) is 15.6. The first-order valence-corrected chi connectivity index (χ1v) is 9.82. The Bertz CT molecular complexity index is 850. The summed E-state index contributed by atoms with van der Waals surface area (Å²) in [6, 6.07) is 11.9. The number of sulfone groups is 1. The molecule has 26 heavy (non-hydrogen) atoms. The molecule has 1 atom stereocenters. The van der Waals surface area contributed by atoms with Crippen molar-refractivity contribution >= 4 is 15.7 Å². The van der Waals surface area contributed by atoms with Gasteiger partial charge in [-0.1, -0.05) is 24.3 Å². The molecule has 5 nitrogen and oxygen atoms in total. The number of ether oxygens (including phenoxy) is 1. The van der Waals surface area contributed by atoms with Crippen molar-refractivity contribution in [2.45, 2.75) is 37.1 Å². The lowest BCUT2D eigenvalue weighted by atomic mass is 10.1. The molecule has 0 aliphatic rings. The zero-order chi connectivity index (χ0) is 19.2. The second kappa shape index (κ2) is 8.91. The molecule has 1 amide bonds. The molecule has 1 unspecified atom stereocenters.